The van der Waals surface area contributed by atoms with Gasteiger partial charge in [0.2, 0.25) is 0 Å². The molecule has 72 valence electrons. The molecule has 0 amide bonds. The number of hydrogen-bond donors (Lipinski definition) is 2. The van der Waals surface area contributed by atoms with Crippen LogP contribution in [0.4, 0.5) is 0 Å². The maximum Gasteiger partial charge on any atom is 0.321 e. The first-order chi connectivity index (χ1) is 5.54. The second-order valence-corrected chi connectivity index (χ2v) is 3.63. The predicted octanol–water partition coefficient (Wildman–Crippen LogP) is 0.514. The Kier molecular flexibility index (Phi) is 6.14. The molecule has 4 nitrogen and oxygen atoms in total. The normalized spacial score (nSPS) is 13.3. The number of rotatable bonds is 6. The number of carbonyl (C=O) groups is 1. The van der Waals surface area contributed by atoms with E-state index in [2.05, 4.69) is 0 Å². The Labute approximate surface area is 76.5 Å². The molecule has 0 aromatic rings. The Hall–Kier alpha value is -0.260. The van der Waals surface area contributed by atoms with Gasteiger partial charge < -0.3 is 15.6 Å². The number of aliphatic carboxylic acids is 1. The average molecular weight is 193 g/mol. The minimum atomic E-state index is -0.966. The summed E-state index contributed by atoms with van der Waals surface area (Å²) in [6, 6.07) is -0.786. The van der Waals surface area contributed by atoms with Crippen LogP contribution in [0.2, 0.25) is 0 Å². The largest absolute Gasteiger partial charge is 0.480 e. The Balaban J connectivity index is 3.25. The van der Waals surface area contributed by atoms with Gasteiger partial charge in [-0.15, -0.1) is 11.8 Å². The van der Waals surface area contributed by atoms with Gasteiger partial charge in [0, 0.05) is 5.75 Å². The Morgan fingerprint density at radius 2 is 2.25 bits per heavy atom. The molecule has 0 aliphatic rings. The fourth-order valence-electron chi connectivity index (χ4n) is 0.431. The number of thioether (sulfide) groups is 1. The number of nitrogens with two attached hydrogens (primary N) is 1. The first kappa shape index (κ1) is 11.7. The Morgan fingerprint density at radius 1 is 1.67 bits per heavy atom. The third-order valence-corrected chi connectivity index (χ3v) is 2.00. The van der Waals surface area contributed by atoms with Crippen LogP contribution in [0.5, 0.6) is 0 Å². The van der Waals surface area contributed by atoms with Crippen LogP contribution in [0, 0.1) is 0 Å². The third kappa shape index (κ3) is 6.45. The molecule has 0 aliphatic carbocycles. The smallest absolute Gasteiger partial charge is 0.321 e. The van der Waals surface area contributed by atoms with E-state index in [1.807, 2.05) is 13.8 Å². The topological polar surface area (TPSA) is 72.5 Å². The quantitative estimate of drug-likeness (QED) is 0.475. The molecule has 0 aliphatic heterocycles. The van der Waals surface area contributed by atoms with Crippen LogP contribution < -0.4 is 5.73 Å². The van der Waals surface area contributed by atoms with Gasteiger partial charge in [-0.2, -0.15) is 0 Å². The maximum absolute atomic E-state index is 10.2. The molecule has 0 aromatic carbocycles. The van der Waals surface area contributed by atoms with E-state index < -0.39 is 12.0 Å². The first-order valence-electron chi connectivity index (χ1n) is 3.71. The predicted molar refractivity (Wildman–Crippen MR) is 49.2 cm³/mol. The summed E-state index contributed by atoms with van der Waals surface area (Å²) in [6.45, 7) is 3.86. The lowest BCUT2D eigenvalue weighted by molar-refractivity contribution is -0.137. The molecule has 12 heavy (non-hydrogen) atoms. The molecule has 0 rings (SSSR count). The highest BCUT2D eigenvalue weighted by Crippen LogP contribution is 2.04. The number of ether oxygens (including phenoxy) is 1. The summed E-state index contributed by atoms with van der Waals surface area (Å²) in [5, 5.41) is 8.41. The molecule has 0 bridgehead atoms. The van der Waals surface area contributed by atoms with Crippen LogP contribution >= 0.6 is 11.8 Å². The summed E-state index contributed by atoms with van der Waals surface area (Å²) in [5.41, 5.74) is 5.26. The fourth-order valence-corrected chi connectivity index (χ4v) is 1.29. The molecule has 0 radical (unpaired) electrons. The van der Waals surface area contributed by atoms with Crippen LogP contribution in [-0.4, -0.2) is 34.9 Å². The van der Waals surface area contributed by atoms with Crippen molar-refractivity contribution in [2.24, 2.45) is 5.73 Å². The minimum Gasteiger partial charge on any atom is -0.480 e. The average Bonchev–Trinajstić information content (AvgIpc) is 1.97. The van der Waals surface area contributed by atoms with Crippen molar-refractivity contribution in [3.8, 4) is 0 Å². The highest BCUT2D eigenvalue weighted by atomic mass is 32.2. The molecular weight excluding hydrogens is 178 g/mol. The summed E-state index contributed by atoms with van der Waals surface area (Å²) < 4.78 is 5.19. The second kappa shape index (κ2) is 6.28. The fraction of sp³-hybridized carbons (Fsp3) is 0.857. The molecule has 0 heterocycles. The molecule has 1 unspecified atom stereocenters. The monoisotopic (exact) mass is 193 g/mol. The molecule has 0 saturated carbocycles. The third-order valence-electron chi connectivity index (χ3n) is 1.10. The molecular formula is C7H15NO3S. The highest BCUT2D eigenvalue weighted by Gasteiger charge is 2.10. The van der Waals surface area contributed by atoms with Gasteiger partial charge in [0.15, 0.2) is 0 Å². The summed E-state index contributed by atoms with van der Waals surface area (Å²) in [6.07, 6.45) is 0.179. The van der Waals surface area contributed by atoms with E-state index in [-0.39, 0.29) is 6.10 Å². The lowest BCUT2D eigenvalue weighted by atomic mass is 10.4. The van der Waals surface area contributed by atoms with Crippen molar-refractivity contribution in [2.45, 2.75) is 26.0 Å². The van der Waals surface area contributed by atoms with Gasteiger partial charge in [0.05, 0.1) is 12.0 Å². The van der Waals surface area contributed by atoms with Crippen molar-refractivity contribution in [1.29, 1.82) is 0 Å². The molecule has 0 saturated heterocycles. The van der Waals surface area contributed by atoms with Crippen LogP contribution in [0.1, 0.15) is 13.8 Å². The zero-order valence-corrected chi connectivity index (χ0v) is 8.13. The Bertz CT molecular complexity index is 141. The standard InChI is InChI=1S/C7H15NO3S/c1-5(2)11-4-12-3-6(8)7(9)10/h5-6H,3-4,8H2,1-2H3,(H,9,10). The summed E-state index contributed by atoms with van der Waals surface area (Å²) in [4.78, 5) is 10.2. The van der Waals surface area contributed by atoms with E-state index in [4.69, 9.17) is 15.6 Å². The minimum absolute atomic E-state index is 0.179. The van der Waals surface area contributed by atoms with Gasteiger partial charge in [-0.3, -0.25) is 4.79 Å². The zero-order chi connectivity index (χ0) is 9.56. The van der Waals surface area contributed by atoms with Gasteiger partial charge in [0.25, 0.3) is 0 Å². The molecule has 1 atom stereocenters. The highest BCUT2D eigenvalue weighted by molar-refractivity contribution is 7.99. The maximum atomic E-state index is 10.2. The van der Waals surface area contributed by atoms with Crippen molar-refractivity contribution >= 4 is 17.7 Å². The SMILES string of the molecule is CC(C)OCSCC(N)C(=O)O. The number of carboxylic acid groups (broad SMARTS) is 1. The van der Waals surface area contributed by atoms with E-state index in [9.17, 15) is 4.79 Å². The summed E-state index contributed by atoms with van der Waals surface area (Å²) in [7, 11) is 0. The van der Waals surface area contributed by atoms with E-state index in [1.165, 1.54) is 11.8 Å². The van der Waals surface area contributed by atoms with E-state index in [0.717, 1.165) is 0 Å². The van der Waals surface area contributed by atoms with E-state index >= 15 is 0 Å². The summed E-state index contributed by atoms with van der Waals surface area (Å²) >= 11 is 1.39. The van der Waals surface area contributed by atoms with Crippen LogP contribution in [0.15, 0.2) is 0 Å². The first-order valence-corrected chi connectivity index (χ1v) is 4.87. The van der Waals surface area contributed by atoms with Crippen LogP contribution in [0.25, 0.3) is 0 Å². The van der Waals surface area contributed by atoms with Crippen molar-refractivity contribution in [1.82, 2.24) is 0 Å². The lowest BCUT2D eigenvalue weighted by Crippen LogP contribution is -2.32. The van der Waals surface area contributed by atoms with E-state index in [0.29, 0.717) is 11.7 Å². The molecule has 5 heteroatoms. The molecule has 3 N–H and O–H groups in total. The Morgan fingerprint density at radius 3 is 2.67 bits per heavy atom. The number of carboxylic acids is 1. The van der Waals surface area contributed by atoms with Gasteiger partial charge in [-0.05, 0) is 13.8 Å². The van der Waals surface area contributed by atoms with Crippen molar-refractivity contribution in [2.75, 3.05) is 11.7 Å². The van der Waals surface area contributed by atoms with Gasteiger partial charge in [-0.1, -0.05) is 0 Å². The van der Waals surface area contributed by atoms with E-state index in [1.54, 1.807) is 0 Å². The van der Waals surface area contributed by atoms with Gasteiger partial charge in [0.1, 0.15) is 6.04 Å². The molecule has 0 fully saturated rings. The van der Waals surface area contributed by atoms with Crippen LogP contribution in [-0.2, 0) is 9.53 Å². The lowest BCUT2D eigenvalue weighted by Gasteiger charge is -2.08. The van der Waals surface area contributed by atoms with Crippen molar-refractivity contribution in [3.63, 3.8) is 0 Å². The summed E-state index contributed by atoms with van der Waals surface area (Å²) in [5.74, 6) is -0.0761. The molecule has 0 aromatic heterocycles. The van der Waals surface area contributed by atoms with Crippen LogP contribution in [0.3, 0.4) is 0 Å². The number of hydrogen-bond acceptors (Lipinski definition) is 4. The zero-order valence-electron chi connectivity index (χ0n) is 7.32. The van der Waals surface area contributed by atoms with Gasteiger partial charge >= 0.3 is 5.97 Å². The van der Waals surface area contributed by atoms with Crippen molar-refractivity contribution < 1.29 is 14.6 Å². The van der Waals surface area contributed by atoms with Gasteiger partial charge in [-0.25, -0.2) is 0 Å². The molecule has 0 spiro atoms. The van der Waals surface area contributed by atoms with Crippen molar-refractivity contribution in [3.05, 3.63) is 0 Å². The second-order valence-electron chi connectivity index (χ2n) is 2.65.